The molecule has 0 spiro atoms. The van der Waals surface area contributed by atoms with Crippen LogP contribution in [0.1, 0.15) is 37.4 Å². The van der Waals surface area contributed by atoms with Crippen molar-refractivity contribution in [2.75, 3.05) is 14.2 Å². The first-order chi connectivity index (χ1) is 8.12. The molecule has 3 N–H and O–H groups in total. The maximum absolute atomic E-state index is 5.87. The molecular formula is C14H24N2O. The largest absolute Gasteiger partial charge is 0.496 e. The molecule has 3 nitrogen and oxygen atoms in total. The lowest BCUT2D eigenvalue weighted by molar-refractivity contribution is 0.409. The molecule has 0 bridgehead atoms. The van der Waals surface area contributed by atoms with E-state index in [1.807, 2.05) is 20.0 Å². The standard InChI is InChI=1S/C14H24N2O/c1-5-11-9-12(6-7-14(11)17-4)13(16-3)8-10(2)15/h6-7,9-10,13,16H,5,8,15H2,1-4H3. The minimum atomic E-state index is 0.194. The summed E-state index contributed by atoms with van der Waals surface area (Å²) in [7, 11) is 3.69. The molecule has 1 aromatic rings. The van der Waals surface area contributed by atoms with Gasteiger partial charge in [0.05, 0.1) is 7.11 Å². The lowest BCUT2D eigenvalue weighted by Gasteiger charge is -2.20. The molecule has 0 heterocycles. The van der Waals surface area contributed by atoms with Crippen molar-refractivity contribution in [3.05, 3.63) is 29.3 Å². The van der Waals surface area contributed by atoms with Crippen LogP contribution in [0.4, 0.5) is 0 Å². The van der Waals surface area contributed by atoms with Crippen LogP contribution in [0, 0.1) is 0 Å². The van der Waals surface area contributed by atoms with Crippen molar-refractivity contribution in [3.8, 4) is 5.75 Å². The van der Waals surface area contributed by atoms with Crippen LogP contribution in [0.25, 0.3) is 0 Å². The molecule has 0 aliphatic heterocycles. The molecule has 0 aromatic heterocycles. The van der Waals surface area contributed by atoms with E-state index in [1.165, 1.54) is 11.1 Å². The lowest BCUT2D eigenvalue weighted by atomic mass is 9.97. The van der Waals surface area contributed by atoms with Crippen LogP contribution in [0.5, 0.6) is 5.75 Å². The third-order valence-corrected chi connectivity index (χ3v) is 3.04. The van der Waals surface area contributed by atoms with Gasteiger partial charge in [-0.05, 0) is 44.0 Å². The Morgan fingerprint density at radius 3 is 2.59 bits per heavy atom. The zero-order valence-electron chi connectivity index (χ0n) is 11.3. The summed E-state index contributed by atoms with van der Waals surface area (Å²) < 4.78 is 5.34. The molecule has 0 aliphatic rings. The van der Waals surface area contributed by atoms with Gasteiger partial charge < -0.3 is 15.8 Å². The first-order valence-corrected chi connectivity index (χ1v) is 6.22. The predicted octanol–water partition coefficient (Wildman–Crippen LogP) is 2.26. The van der Waals surface area contributed by atoms with E-state index in [-0.39, 0.29) is 6.04 Å². The molecule has 2 atom stereocenters. The number of methoxy groups -OCH3 is 1. The highest BCUT2D eigenvalue weighted by Crippen LogP contribution is 2.25. The maximum Gasteiger partial charge on any atom is 0.122 e. The Bertz CT molecular complexity index is 350. The quantitative estimate of drug-likeness (QED) is 0.796. The Morgan fingerprint density at radius 2 is 2.12 bits per heavy atom. The van der Waals surface area contributed by atoms with Gasteiger partial charge in [0, 0.05) is 12.1 Å². The molecule has 0 saturated carbocycles. The van der Waals surface area contributed by atoms with Gasteiger partial charge in [0.15, 0.2) is 0 Å². The summed E-state index contributed by atoms with van der Waals surface area (Å²) in [6.07, 6.45) is 1.91. The number of nitrogens with two attached hydrogens (primary N) is 1. The first kappa shape index (κ1) is 14.0. The molecule has 0 saturated heterocycles. The fourth-order valence-corrected chi connectivity index (χ4v) is 2.08. The molecule has 0 fully saturated rings. The second-order valence-corrected chi connectivity index (χ2v) is 4.48. The van der Waals surface area contributed by atoms with Crippen molar-refractivity contribution in [1.29, 1.82) is 0 Å². The van der Waals surface area contributed by atoms with Crippen LogP contribution >= 0.6 is 0 Å². The summed E-state index contributed by atoms with van der Waals surface area (Å²) in [5.41, 5.74) is 8.39. The fourth-order valence-electron chi connectivity index (χ4n) is 2.08. The number of nitrogens with one attached hydrogen (secondary N) is 1. The normalized spacial score (nSPS) is 14.4. The summed E-state index contributed by atoms with van der Waals surface area (Å²) in [6, 6.07) is 6.87. The molecule has 17 heavy (non-hydrogen) atoms. The van der Waals surface area contributed by atoms with E-state index in [4.69, 9.17) is 10.5 Å². The van der Waals surface area contributed by atoms with Gasteiger partial charge in [0.2, 0.25) is 0 Å². The minimum Gasteiger partial charge on any atom is -0.496 e. The summed E-state index contributed by atoms with van der Waals surface area (Å²) in [5.74, 6) is 0.965. The van der Waals surface area contributed by atoms with Gasteiger partial charge in [0.1, 0.15) is 5.75 Å². The average molecular weight is 236 g/mol. The molecule has 96 valence electrons. The van der Waals surface area contributed by atoms with Crippen molar-refractivity contribution < 1.29 is 4.74 Å². The highest BCUT2D eigenvalue weighted by atomic mass is 16.5. The Labute approximate surface area is 104 Å². The average Bonchev–Trinajstić information content (AvgIpc) is 2.34. The highest BCUT2D eigenvalue weighted by molar-refractivity contribution is 5.38. The van der Waals surface area contributed by atoms with Crippen molar-refractivity contribution in [1.82, 2.24) is 5.32 Å². The SMILES string of the molecule is CCc1cc(C(CC(C)N)NC)ccc1OC. The zero-order valence-corrected chi connectivity index (χ0v) is 11.3. The van der Waals surface area contributed by atoms with E-state index in [0.29, 0.717) is 6.04 Å². The number of benzene rings is 1. The number of ether oxygens (including phenoxy) is 1. The second kappa shape index (κ2) is 6.62. The van der Waals surface area contributed by atoms with Gasteiger partial charge in [0.25, 0.3) is 0 Å². The topological polar surface area (TPSA) is 47.3 Å². The van der Waals surface area contributed by atoms with Crippen molar-refractivity contribution in [2.45, 2.75) is 38.8 Å². The third-order valence-electron chi connectivity index (χ3n) is 3.04. The molecule has 2 unspecified atom stereocenters. The molecule has 1 rings (SSSR count). The lowest BCUT2D eigenvalue weighted by Crippen LogP contribution is -2.25. The summed E-state index contributed by atoms with van der Waals surface area (Å²) in [4.78, 5) is 0. The molecule has 0 amide bonds. The Hall–Kier alpha value is -1.06. The Morgan fingerprint density at radius 1 is 1.41 bits per heavy atom. The van der Waals surface area contributed by atoms with Gasteiger partial charge >= 0.3 is 0 Å². The molecule has 0 radical (unpaired) electrons. The number of aryl methyl sites for hydroxylation is 1. The Balaban J connectivity index is 2.96. The van der Waals surface area contributed by atoms with Crippen LogP contribution < -0.4 is 15.8 Å². The van der Waals surface area contributed by atoms with E-state index in [9.17, 15) is 0 Å². The van der Waals surface area contributed by atoms with Gasteiger partial charge in [-0.15, -0.1) is 0 Å². The van der Waals surface area contributed by atoms with Crippen LogP contribution in [0.2, 0.25) is 0 Å². The van der Waals surface area contributed by atoms with Gasteiger partial charge in [-0.3, -0.25) is 0 Å². The second-order valence-electron chi connectivity index (χ2n) is 4.48. The highest BCUT2D eigenvalue weighted by Gasteiger charge is 2.13. The first-order valence-electron chi connectivity index (χ1n) is 6.22. The predicted molar refractivity (Wildman–Crippen MR) is 72.4 cm³/mol. The zero-order chi connectivity index (χ0) is 12.8. The molecule has 1 aromatic carbocycles. The van der Waals surface area contributed by atoms with E-state index >= 15 is 0 Å². The van der Waals surface area contributed by atoms with Crippen molar-refractivity contribution in [3.63, 3.8) is 0 Å². The van der Waals surface area contributed by atoms with E-state index in [1.54, 1.807) is 7.11 Å². The smallest absolute Gasteiger partial charge is 0.122 e. The number of hydrogen-bond acceptors (Lipinski definition) is 3. The molecular weight excluding hydrogens is 212 g/mol. The van der Waals surface area contributed by atoms with Crippen molar-refractivity contribution in [2.24, 2.45) is 5.73 Å². The van der Waals surface area contributed by atoms with Crippen LogP contribution in [-0.2, 0) is 6.42 Å². The summed E-state index contributed by atoms with van der Waals surface area (Å²) >= 11 is 0. The monoisotopic (exact) mass is 236 g/mol. The van der Waals surface area contributed by atoms with Crippen LogP contribution in [-0.4, -0.2) is 20.2 Å². The van der Waals surface area contributed by atoms with E-state index in [0.717, 1.165) is 18.6 Å². The van der Waals surface area contributed by atoms with Gasteiger partial charge in [-0.25, -0.2) is 0 Å². The van der Waals surface area contributed by atoms with Gasteiger partial charge in [-0.1, -0.05) is 19.1 Å². The number of rotatable bonds is 6. The fraction of sp³-hybridized carbons (Fsp3) is 0.571. The third kappa shape index (κ3) is 3.72. The summed E-state index contributed by atoms with van der Waals surface area (Å²) in [6.45, 7) is 4.18. The van der Waals surface area contributed by atoms with E-state index in [2.05, 4.69) is 24.4 Å². The maximum atomic E-state index is 5.87. The van der Waals surface area contributed by atoms with Crippen LogP contribution in [0.15, 0.2) is 18.2 Å². The summed E-state index contributed by atoms with van der Waals surface area (Å²) in [5, 5.41) is 3.32. The van der Waals surface area contributed by atoms with Crippen molar-refractivity contribution >= 4 is 0 Å². The molecule has 0 aliphatic carbocycles. The van der Waals surface area contributed by atoms with Gasteiger partial charge in [-0.2, -0.15) is 0 Å². The number of hydrogen-bond donors (Lipinski definition) is 2. The van der Waals surface area contributed by atoms with Crippen LogP contribution in [0.3, 0.4) is 0 Å². The van der Waals surface area contributed by atoms with E-state index < -0.39 is 0 Å². The minimum absolute atomic E-state index is 0.194. The Kier molecular flexibility index (Phi) is 5.45. The molecule has 3 heteroatoms.